The molecule has 0 aliphatic carbocycles. The molecule has 64 heavy (non-hydrogen) atoms. The molecule has 3 heterocycles. The maximum atomic E-state index is 12.7. The molecule has 3 aliphatic rings. The van der Waals surface area contributed by atoms with Crippen molar-refractivity contribution in [2.45, 2.75) is 80.3 Å². The number of anilines is 1. The number of quaternary nitrogens is 2. The van der Waals surface area contributed by atoms with Crippen LogP contribution in [-0.4, -0.2) is 119 Å². The Morgan fingerprint density at radius 2 is 1.23 bits per heavy atom. The van der Waals surface area contributed by atoms with E-state index in [0.29, 0.717) is 22.2 Å². The molecule has 0 radical (unpaired) electrons. The summed E-state index contributed by atoms with van der Waals surface area (Å²) in [6.45, 7) is 28.3. The number of hydrogen-bond donors (Lipinski definition) is 3. The number of nitrogens with zero attached hydrogens (tertiary/aromatic N) is 2. The van der Waals surface area contributed by atoms with Crippen LogP contribution >= 0.6 is 0 Å². The van der Waals surface area contributed by atoms with Crippen molar-refractivity contribution in [2.24, 2.45) is 0 Å². The maximum absolute atomic E-state index is 12.7. The van der Waals surface area contributed by atoms with Gasteiger partial charge in [0.15, 0.2) is 5.54 Å². The van der Waals surface area contributed by atoms with E-state index in [-0.39, 0.29) is 50.1 Å². The molecule has 0 saturated carbocycles. The Morgan fingerprint density at radius 3 is 1.69 bits per heavy atom. The molecule has 6 rings (SSSR count). The number of carboxylic acid groups (broad SMARTS) is 2. The Labute approximate surface area is 378 Å². The Balaban J connectivity index is 0.000000555. The summed E-state index contributed by atoms with van der Waals surface area (Å²) in [7, 11) is -5.91. The van der Waals surface area contributed by atoms with E-state index in [4.69, 9.17) is 4.74 Å². The van der Waals surface area contributed by atoms with Crippen molar-refractivity contribution < 1.29 is 60.3 Å². The van der Waals surface area contributed by atoms with E-state index in [1.54, 1.807) is 60.3 Å². The van der Waals surface area contributed by atoms with Crippen molar-refractivity contribution >= 4 is 54.6 Å². The number of hydrogen-bond acceptors (Lipinski definition) is 11. The van der Waals surface area contributed by atoms with Crippen LogP contribution in [0.3, 0.4) is 0 Å². The lowest BCUT2D eigenvalue weighted by Crippen LogP contribution is -3.11. The minimum absolute atomic E-state index is 0.0612. The highest BCUT2D eigenvalue weighted by Crippen LogP contribution is 2.46. The highest BCUT2D eigenvalue weighted by atomic mass is 32.2. The van der Waals surface area contributed by atoms with E-state index >= 15 is 0 Å². The first-order chi connectivity index (χ1) is 29.7. The summed E-state index contributed by atoms with van der Waals surface area (Å²) in [5.74, 6) is -4.21. The van der Waals surface area contributed by atoms with E-state index in [1.807, 2.05) is 37.2 Å². The Hall–Kier alpha value is -4.91. The molecule has 350 valence electrons. The Morgan fingerprint density at radius 1 is 0.719 bits per heavy atom. The molecule has 0 atom stereocenters. The van der Waals surface area contributed by atoms with Crippen LogP contribution in [0.5, 0.6) is 11.5 Å². The summed E-state index contributed by atoms with van der Waals surface area (Å²) >= 11 is 0. The van der Waals surface area contributed by atoms with E-state index in [0.717, 1.165) is 6.07 Å². The quantitative estimate of drug-likeness (QED) is 0.126. The first-order valence-corrected chi connectivity index (χ1v) is 24.8. The third kappa shape index (κ3) is 11.7. The van der Waals surface area contributed by atoms with Gasteiger partial charge in [-0.3, -0.25) is 0 Å². The van der Waals surface area contributed by atoms with Gasteiger partial charge in [-0.05, 0) is 102 Å². The standard InChI is InChI=1S/C35H34N2O11S2.2C6H15N/c1-34(2)14-19(16-49(42,43)44)22-10-25-29(12-27(22)36(34)5)48-30-13-28-23(20(17-50(45,46)47)15-35(3,4)37(28)6)11-26(30)31(25)21-8-7-18(32(38)39)9-24(21)33(40)41;2*1-4-7(5-2)6-3/h7-15H,16-17H2,1-6H3,(H3-,38,39,40,41,42,43,44,45,46,47);2*4-6H2,1-3H3. The summed E-state index contributed by atoms with van der Waals surface area (Å²) in [6, 6.07) is 9.98. The first-order valence-electron chi connectivity index (χ1n) is 21.6. The van der Waals surface area contributed by atoms with Gasteiger partial charge in [0.1, 0.15) is 18.5 Å². The molecule has 15 nitrogen and oxygen atoms in total. The van der Waals surface area contributed by atoms with Crippen LogP contribution in [-0.2, 0) is 20.2 Å². The number of fused-ring (bicyclic) bond motifs is 4. The molecule has 3 N–H and O–H groups in total. The van der Waals surface area contributed by atoms with E-state index in [2.05, 4.69) is 41.5 Å². The fraction of sp³-hybridized carbons (Fsp3) is 0.468. The van der Waals surface area contributed by atoms with Crippen LogP contribution in [0.25, 0.3) is 16.7 Å². The van der Waals surface area contributed by atoms with Crippen molar-refractivity contribution in [3.63, 3.8) is 0 Å². The van der Waals surface area contributed by atoms with Gasteiger partial charge in [-0.25, -0.2) is 26.2 Å². The zero-order valence-corrected chi connectivity index (χ0v) is 40.7. The molecular weight excluding hydrogens is 861 g/mol. The van der Waals surface area contributed by atoms with Gasteiger partial charge >= 0.3 is 5.97 Å². The van der Waals surface area contributed by atoms with Crippen molar-refractivity contribution in [1.82, 2.24) is 4.58 Å². The first kappa shape index (κ1) is 51.7. The average molecular weight is 925 g/mol. The average Bonchev–Trinajstić information content (AvgIpc) is 3.20. The fourth-order valence-corrected chi connectivity index (χ4v) is 9.57. The second-order valence-electron chi connectivity index (χ2n) is 17.4. The predicted molar refractivity (Wildman–Crippen MR) is 246 cm³/mol. The second-order valence-corrected chi connectivity index (χ2v) is 20.2. The summed E-state index contributed by atoms with van der Waals surface area (Å²) in [5.41, 5.74) is 0.0564. The summed E-state index contributed by atoms with van der Waals surface area (Å²) in [4.78, 5) is 29.7. The van der Waals surface area contributed by atoms with Crippen molar-refractivity contribution in [3.8, 4) is 11.5 Å². The number of rotatable bonds is 13. The number of ether oxygens (including phenoxy) is 1. The van der Waals surface area contributed by atoms with Gasteiger partial charge in [-0.1, -0.05) is 18.2 Å². The van der Waals surface area contributed by atoms with Crippen LogP contribution in [0, 0.1) is 0 Å². The number of carbonyl (C=O) groups is 2. The van der Waals surface area contributed by atoms with Crippen LogP contribution in [0.1, 0.15) is 112 Å². The highest BCUT2D eigenvalue weighted by Gasteiger charge is 2.37. The van der Waals surface area contributed by atoms with Crippen LogP contribution < -0.4 is 39.7 Å². The van der Waals surface area contributed by atoms with E-state index in [9.17, 15) is 45.7 Å². The largest absolute Gasteiger partial charge is 0.748 e. The normalized spacial score (nSPS) is 15.8. The summed E-state index contributed by atoms with van der Waals surface area (Å²) < 4.78 is 80.7. The maximum Gasteiger partial charge on any atom is 0.336 e. The molecule has 0 bridgehead atoms. The number of benzene rings is 3. The molecule has 0 saturated heterocycles. The third-order valence-electron chi connectivity index (χ3n) is 12.6. The minimum Gasteiger partial charge on any atom is -0.748 e. The molecule has 0 unspecified atom stereocenters. The third-order valence-corrected chi connectivity index (χ3v) is 13.9. The monoisotopic (exact) mass is 924 g/mol. The molecule has 0 aromatic heterocycles. The highest BCUT2D eigenvalue weighted by molar-refractivity contribution is 7.86. The molecular formula is C47H64N4O11S2. The number of likely N-dealkylation sites (N-methyl/N-ethyl adjacent to an activating group) is 2. The van der Waals surface area contributed by atoms with Gasteiger partial charge in [0.05, 0.1) is 99.7 Å². The van der Waals surface area contributed by atoms with Crippen LogP contribution in [0.15, 0.2) is 54.6 Å². The van der Waals surface area contributed by atoms with Gasteiger partial charge in [0.2, 0.25) is 5.36 Å². The van der Waals surface area contributed by atoms with Gasteiger partial charge in [0.25, 0.3) is 0 Å². The zero-order chi connectivity index (χ0) is 48.3. The Kier molecular flexibility index (Phi) is 16.2. The van der Waals surface area contributed by atoms with E-state index in [1.165, 1.54) is 51.4 Å². The van der Waals surface area contributed by atoms with Crippen LogP contribution in [0.2, 0.25) is 0 Å². The summed E-state index contributed by atoms with van der Waals surface area (Å²) in [5, 5.41) is 22.9. The predicted octanol–water partition coefficient (Wildman–Crippen LogP) is 0.962. The fourth-order valence-electron chi connectivity index (χ4n) is 8.33. The Bertz CT molecular complexity index is 2690. The number of carbonyl (C=O) groups excluding carboxylic acids is 1. The minimum atomic E-state index is -4.75. The van der Waals surface area contributed by atoms with E-state index < -0.39 is 60.3 Å². The van der Waals surface area contributed by atoms with Crippen molar-refractivity contribution in [2.75, 3.05) is 69.8 Å². The molecule has 0 fully saturated rings. The van der Waals surface area contributed by atoms with Crippen molar-refractivity contribution in [3.05, 3.63) is 98.6 Å². The topological polar surface area (TPSA) is 216 Å². The molecule has 3 aromatic rings. The molecule has 17 heteroatoms. The zero-order valence-electron chi connectivity index (χ0n) is 39.1. The number of nitrogens with one attached hydrogen (secondary N) is 2. The SMILES string of the molecule is CC[NH+](CC)CC.CC[NH+](CC)CC.CN1c2cc3c(cc2C(CS(=O)(=O)[O-])=CC1(C)C)C(c1ccc(C(=O)[O-])cc1C(=O)O)=c1cc2c(cc1O3)=[N+](C)C(C)(C)C=C2CS(=O)(=O)[O-]. The second kappa shape index (κ2) is 20.1. The van der Waals surface area contributed by atoms with Crippen molar-refractivity contribution in [1.29, 1.82) is 0 Å². The van der Waals surface area contributed by atoms with Crippen LogP contribution in [0.4, 0.5) is 5.69 Å². The smallest absolute Gasteiger partial charge is 0.336 e. The van der Waals surface area contributed by atoms with Gasteiger partial charge in [-0.15, -0.1) is 0 Å². The molecule has 0 amide bonds. The van der Waals surface area contributed by atoms with Gasteiger partial charge < -0.3 is 43.5 Å². The lowest BCUT2D eigenvalue weighted by Gasteiger charge is -2.42. The summed E-state index contributed by atoms with van der Waals surface area (Å²) in [6.07, 6.45) is 3.33. The van der Waals surface area contributed by atoms with Gasteiger partial charge in [-0.2, -0.15) is 0 Å². The lowest BCUT2D eigenvalue weighted by atomic mass is 9.83. The number of aromatic carboxylic acids is 2. The van der Waals surface area contributed by atoms with Gasteiger partial charge in [0, 0.05) is 54.6 Å². The molecule has 3 aromatic carbocycles. The molecule has 0 spiro atoms. The lowest BCUT2D eigenvalue weighted by molar-refractivity contribution is -0.894. The number of carboxylic acids is 2. The molecule has 3 aliphatic heterocycles.